The highest BCUT2D eigenvalue weighted by Crippen LogP contribution is 2.46. The van der Waals surface area contributed by atoms with Crippen molar-refractivity contribution >= 4 is 35.1 Å². The third kappa shape index (κ3) is 4.83. The van der Waals surface area contributed by atoms with Gasteiger partial charge in [0.2, 0.25) is 0 Å². The minimum atomic E-state index is -0.349. The molecule has 7 heteroatoms. The van der Waals surface area contributed by atoms with Crippen LogP contribution in [0.4, 0.5) is 10.1 Å². The summed E-state index contributed by atoms with van der Waals surface area (Å²) < 4.78 is 24.3. The lowest BCUT2D eigenvalue weighted by atomic mass is 10.2. The van der Waals surface area contributed by atoms with Gasteiger partial charge in [-0.25, -0.2) is 4.39 Å². The van der Waals surface area contributed by atoms with E-state index in [4.69, 9.17) is 9.47 Å². The van der Waals surface area contributed by atoms with Crippen LogP contribution in [0.2, 0.25) is 0 Å². The van der Waals surface area contributed by atoms with Crippen LogP contribution >= 0.6 is 23.5 Å². The van der Waals surface area contributed by atoms with Crippen molar-refractivity contribution in [2.45, 2.75) is 4.58 Å². The molecule has 0 aromatic heterocycles. The number of nitrogens with one attached hydrogen (secondary N) is 1. The molecule has 0 radical (unpaired) electrons. The second kappa shape index (κ2) is 8.49. The second-order valence-electron chi connectivity index (χ2n) is 5.33. The molecule has 0 unspecified atom stereocenters. The largest absolute Gasteiger partial charge is 0.493 e. The van der Waals surface area contributed by atoms with Crippen LogP contribution in [-0.4, -0.2) is 31.1 Å². The van der Waals surface area contributed by atoms with Gasteiger partial charge >= 0.3 is 0 Å². The van der Waals surface area contributed by atoms with Crippen molar-refractivity contribution in [3.63, 3.8) is 0 Å². The van der Waals surface area contributed by atoms with E-state index in [1.807, 2.05) is 41.7 Å². The molecule has 1 fully saturated rings. The quantitative estimate of drug-likeness (QED) is 0.809. The number of methoxy groups -OCH3 is 1. The fourth-order valence-corrected chi connectivity index (χ4v) is 5.21. The first-order valence-electron chi connectivity index (χ1n) is 7.75. The Labute approximate surface area is 154 Å². The monoisotopic (exact) mass is 379 g/mol. The van der Waals surface area contributed by atoms with Gasteiger partial charge < -0.3 is 14.8 Å². The maximum absolute atomic E-state index is 12.9. The van der Waals surface area contributed by atoms with Crippen LogP contribution in [0, 0.1) is 5.82 Å². The molecule has 4 nitrogen and oxygen atoms in total. The third-order valence-corrected chi connectivity index (χ3v) is 6.67. The zero-order chi connectivity index (χ0) is 17.6. The molecule has 1 saturated heterocycles. The zero-order valence-corrected chi connectivity index (χ0v) is 15.3. The first-order chi connectivity index (χ1) is 12.2. The van der Waals surface area contributed by atoms with Gasteiger partial charge in [-0.05, 0) is 42.0 Å². The van der Waals surface area contributed by atoms with Gasteiger partial charge in [0.15, 0.2) is 18.1 Å². The van der Waals surface area contributed by atoms with Crippen molar-refractivity contribution in [3.8, 4) is 11.5 Å². The highest BCUT2D eigenvalue weighted by atomic mass is 32.2. The molecule has 1 amide bonds. The number of carbonyl (C=O) groups is 1. The first kappa shape index (κ1) is 17.9. The fraction of sp³-hybridized carbons (Fsp3) is 0.278. The maximum Gasteiger partial charge on any atom is 0.262 e. The smallest absolute Gasteiger partial charge is 0.262 e. The molecule has 0 aliphatic carbocycles. The van der Waals surface area contributed by atoms with Gasteiger partial charge in [-0.15, -0.1) is 23.5 Å². The van der Waals surface area contributed by atoms with Gasteiger partial charge in [0, 0.05) is 17.2 Å². The van der Waals surface area contributed by atoms with Crippen molar-refractivity contribution in [2.75, 3.05) is 30.5 Å². The SMILES string of the molecule is COc1cc(C2SCCS2)ccc1OCC(=O)Nc1ccc(F)cc1. The molecule has 0 bridgehead atoms. The summed E-state index contributed by atoms with van der Waals surface area (Å²) >= 11 is 3.83. The summed E-state index contributed by atoms with van der Waals surface area (Å²) in [5.41, 5.74) is 1.71. The summed E-state index contributed by atoms with van der Waals surface area (Å²) in [6.07, 6.45) is 0. The molecule has 1 heterocycles. The Kier molecular flexibility index (Phi) is 6.09. The molecule has 0 spiro atoms. The fourth-order valence-electron chi connectivity index (χ4n) is 2.37. The Morgan fingerprint density at radius 3 is 2.56 bits per heavy atom. The first-order valence-corrected chi connectivity index (χ1v) is 9.85. The number of benzene rings is 2. The molecule has 1 aliphatic rings. The van der Waals surface area contributed by atoms with E-state index >= 15 is 0 Å². The maximum atomic E-state index is 12.9. The Balaban J connectivity index is 1.59. The van der Waals surface area contributed by atoms with E-state index in [9.17, 15) is 9.18 Å². The van der Waals surface area contributed by atoms with Crippen molar-refractivity contribution in [1.82, 2.24) is 0 Å². The third-order valence-electron chi connectivity index (χ3n) is 3.57. The molecule has 2 aromatic carbocycles. The molecule has 132 valence electrons. The summed E-state index contributed by atoms with van der Waals surface area (Å²) in [5, 5.41) is 2.65. The van der Waals surface area contributed by atoms with Crippen LogP contribution in [0.25, 0.3) is 0 Å². The van der Waals surface area contributed by atoms with Crippen LogP contribution in [-0.2, 0) is 4.79 Å². The number of anilines is 1. The molecule has 2 aromatic rings. The Morgan fingerprint density at radius 2 is 1.88 bits per heavy atom. The van der Waals surface area contributed by atoms with Crippen molar-refractivity contribution in [3.05, 3.63) is 53.8 Å². The molecule has 0 saturated carbocycles. The Hall–Kier alpha value is -1.86. The van der Waals surface area contributed by atoms with Crippen LogP contribution in [0.3, 0.4) is 0 Å². The molecular weight excluding hydrogens is 361 g/mol. The summed E-state index contributed by atoms with van der Waals surface area (Å²) in [4.78, 5) is 12.0. The van der Waals surface area contributed by atoms with E-state index in [2.05, 4.69) is 5.32 Å². The van der Waals surface area contributed by atoms with Gasteiger partial charge in [0.25, 0.3) is 5.91 Å². The predicted octanol–water partition coefficient (Wildman–Crippen LogP) is 4.33. The highest BCUT2D eigenvalue weighted by Gasteiger charge is 2.20. The van der Waals surface area contributed by atoms with E-state index in [1.165, 1.54) is 29.8 Å². The van der Waals surface area contributed by atoms with Crippen molar-refractivity contribution < 1.29 is 18.7 Å². The lowest BCUT2D eigenvalue weighted by Crippen LogP contribution is -2.20. The van der Waals surface area contributed by atoms with E-state index in [-0.39, 0.29) is 18.3 Å². The standard InChI is InChI=1S/C18H18FNO3S2/c1-22-16-10-12(18-24-8-9-25-18)2-7-15(16)23-11-17(21)20-14-5-3-13(19)4-6-14/h2-7,10,18H,8-9,11H2,1H3,(H,20,21). The van der Waals surface area contributed by atoms with E-state index in [1.54, 1.807) is 7.11 Å². The minimum Gasteiger partial charge on any atom is -0.493 e. The summed E-state index contributed by atoms with van der Waals surface area (Å²) in [5.74, 6) is 2.77. The number of hydrogen-bond donors (Lipinski definition) is 1. The van der Waals surface area contributed by atoms with Crippen molar-refractivity contribution in [1.29, 1.82) is 0 Å². The number of thioether (sulfide) groups is 2. The van der Waals surface area contributed by atoms with Crippen LogP contribution in [0.15, 0.2) is 42.5 Å². The zero-order valence-electron chi connectivity index (χ0n) is 13.7. The van der Waals surface area contributed by atoms with Gasteiger partial charge in [-0.1, -0.05) is 6.07 Å². The van der Waals surface area contributed by atoms with Gasteiger partial charge in [-0.2, -0.15) is 0 Å². The number of halogens is 1. The normalized spacial score (nSPS) is 14.3. The number of rotatable bonds is 6. The molecule has 0 atom stereocenters. The van der Waals surface area contributed by atoms with Gasteiger partial charge in [0.05, 0.1) is 11.7 Å². The number of amides is 1. The van der Waals surface area contributed by atoms with Gasteiger partial charge in [-0.3, -0.25) is 4.79 Å². The van der Waals surface area contributed by atoms with Crippen LogP contribution in [0.5, 0.6) is 11.5 Å². The van der Waals surface area contributed by atoms with E-state index in [0.29, 0.717) is 21.8 Å². The lowest BCUT2D eigenvalue weighted by Gasteiger charge is -2.14. The molecule has 1 aliphatic heterocycles. The Morgan fingerprint density at radius 1 is 1.16 bits per heavy atom. The molecule has 1 N–H and O–H groups in total. The van der Waals surface area contributed by atoms with Crippen LogP contribution < -0.4 is 14.8 Å². The van der Waals surface area contributed by atoms with Crippen LogP contribution in [0.1, 0.15) is 10.1 Å². The van der Waals surface area contributed by atoms with Crippen molar-refractivity contribution in [2.24, 2.45) is 0 Å². The topological polar surface area (TPSA) is 47.6 Å². The number of ether oxygens (including phenoxy) is 2. The summed E-state index contributed by atoms with van der Waals surface area (Å²) in [7, 11) is 1.58. The summed E-state index contributed by atoms with van der Waals surface area (Å²) in [6, 6.07) is 11.4. The molecular formula is C18H18FNO3S2. The number of carbonyl (C=O) groups excluding carboxylic acids is 1. The predicted molar refractivity (Wildman–Crippen MR) is 101 cm³/mol. The average Bonchev–Trinajstić information content (AvgIpc) is 3.16. The second-order valence-corrected chi connectivity index (χ2v) is 8.05. The van der Waals surface area contributed by atoms with Gasteiger partial charge in [0.1, 0.15) is 5.82 Å². The van der Waals surface area contributed by atoms with E-state index in [0.717, 1.165) is 11.5 Å². The molecule has 3 rings (SSSR count). The van der Waals surface area contributed by atoms with E-state index < -0.39 is 0 Å². The number of hydrogen-bond acceptors (Lipinski definition) is 5. The highest BCUT2D eigenvalue weighted by molar-refractivity contribution is 8.19. The lowest BCUT2D eigenvalue weighted by molar-refractivity contribution is -0.118. The average molecular weight is 379 g/mol. The summed E-state index contributed by atoms with van der Waals surface area (Å²) in [6.45, 7) is -0.153. The Bertz CT molecular complexity index is 734. The molecule has 25 heavy (non-hydrogen) atoms. The minimum absolute atomic E-state index is 0.153.